The number of nitrogens with zero attached hydrogens (tertiary/aromatic N) is 1. The summed E-state index contributed by atoms with van der Waals surface area (Å²) in [6.07, 6.45) is 3.65. The smallest absolute Gasteiger partial charge is 0.211 e. The molecule has 1 saturated carbocycles. The Morgan fingerprint density at radius 2 is 1.77 bits per heavy atom. The molecule has 2 fully saturated rings. The van der Waals surface area contributed by atoms with Crippen LogP contribution in [0.4, 0.5) is 0 Å². The molecule has 2 aliphatic rings. The molecular weight excluding hydrogens is 210 g/mol. The van der Waals surface area contributed by atoms with Crippen molar-refractivity contribution in [1.82, 2.24) is 4.31 Å². The van der Waals surface area contributed by atoms with Gasteiger partial charge in [0.15, 0.2) is 0 Å². The average molecular weight is 224 g/mol. The van der Waals surface area contributed by atoms with E-state index < -0.39 is 10.0 Å². The van der Waals surface area contributed by atoms with Crippen molar-refractivity contribution in [2.45, 2.75) is 19.3 Å². The van der Waals surface area contributed by atoms with Crippen LogP contribution in [0.1, 0.15) is 19.3 Å². The van der Waals surface area contributed by atoms with Crippen LogP contribution in [0.2, 0.25) is 0 Å². The molecule has 3 nitrogen and oxygen atoms in total. The number of fused-ring (bicyclic) bond motifs is 1. The number of alkyl halides is 1. The molecule has 1 aliphatic carbocycles. The Morgan fingerprint density at radius 3 is 2.23 bits per heavy atom. The lowest BCUT2D eigenvalue weighted by molar-refractivity contribution is 0.449. The Balaban J connectivity index is 2.07. The number of hydrogen-bond donors (Lipinski definition) is 0. The molecule has 0 bridgehead atoms. The van der Waals surface area contributed by atoms with Crippen LogP contribution in [0.5, 0.6) is 0 Å². The highest BCUT2D eigenvalue weighted by atomic mass is 35.5. The van der Waals surface area contributed by atoms with Gasteiger partial charge in [-0.15, -0.1) is 11.6 Å². The molecule has 0 aromatic rings. The zero-order chi connectivity index (χ0) is 9.47. The van der Waals surface area contributed by atoms with Crippen LogP contribution in [0.3, 0.4) is 0 Å². The first-order chi connectivity index (χ1) is 6.13. The summed E-state index contributed by atoms with van der Waals surface area (Å²) in [4.78, 5) is 0. The van der Waals surface area contributed by atoms with Gasteiger partial charge in [-0.25, -0.2) is 12.7 Å². The Hall–Kier alpha value is 0.200. The lowest BCUT2D eigenvalue weighted by atomic mass is 10.0. The van der Waals surface area contributed by atoms with Crippen LogP contribution in [0.25, 0.3) is 0 Å². The summed E-state index contributed by atoms with van der Waals surface area (Å²) in [6, 6.07) is 0. The van der Waals surface area contributed by atoms with Crippen molar-refractivity contribution in [3.05, 3.63) is 0 Å². The summed E-state index contributed by atoms with van der Waals surface area (Å²) in [5.41, 5.74) is 0. The summed E-state index contributed by atoms with van der Waals surface area (Å²) < 4.78 is 24.4. The molecule has 2 rings (SSSR count). The van der Waals surface area contributed by atoms with Crippen molar-refractivity contribution in [1.29, 1.82) is 0 Å². The lowest BCUT2D eigenvalue weighted by Gasteiger charge is -2.14. The predicted octanol–water partition coefficient (Wildman–Crippen LogP) is 1.24. The molecule has 0 aromatic carbocycles. The zero-order valence-electron chi connectivity index (χ0n) is 7.45. The molecule has 1 heterocycles. The topological polar surface area (TPSA) is 37.4 Å². The average Bonchev–Trinajstić information content (AvgIpc) is 2.61. The minimum Gasteiger partial charge on any atom is -0.211 e. The first-order valence-electron chi connectivity index (χ1n) is 4.67. The summed E-state index contributed by atoms with van der Waals surface area (Å²) in [7, 11) is -3.14. The van der Waals surface area contributed by atoms with Crippen LogP contribution in [-0.4, -0.2) is 31.0 Å². The van der Waals surface area contributed by atoms with E-state index in [9.17, 15) is 8.42 Å². The number of rotatable bonds is 2. The van der Waals surface area contributed by atoms with Crippen LogP contribution in [0.15, 0.2) is 0 Å². The fourth-order valence-electron chi connectivity index (χ4n) is 2.49. The maximum Gasteiger partial charge on any atom is 0.228 e. The maximum atomic E-state index is 11.4. The second-order valence-corrected chi connectivity index (χ2v) is 6.54. The van der Waals surface area contributed by atoms with Crippen molar-refractivity contribution < 1.29 is 8.42 Å². The van der Waals surface area contributed by atoms with Crippen molar-refractivity contribution in [3.8, 4) is 0 Å². The van der Waals surface area contributed by atoms with E-state index in [4.69, 9.17) is 11.6 Å². The van der Waals surface area contributed by atoms with Crippen LogP contribution in [-0.2, 0) is 10.0 Å². The lowest BCUT2D eigenvalue weighted by Crippen LogP contribution is -2.30. The standard InChI is InChI=1S/C8H14ClNO2S/c9-6-13(11,12)10-4-7-2-1-3-8(7)5-10/h7-8H,1-6H2. The molecule has 1 aliphatic heterocycles. The summed E-state index contributed by atoms with van der Waals surface area (Å²) in [6.45, 7) is 1.42. The third-order valence-corrected chi connectivity index (χ3v) is 5.41. The van der Waals surface area contributed by atoms with Gasteiger partial charge in [-0.3, -0.25) is 0 Å². The van der Waals surface area contributed by atoms with Gasteiger partial charge in [0.05, 0.1) is 0 Å². The van der Waals surface area contributed by atoms with Crippen LogP contribution >= 0.6 is 11.6 Å². The molecule has 0 radical (unpaired) electrons. The van der Waals surface area contributed by atoms with E-state index in [0.29, 0.717) is 24.9 Å². The van der Waals surface area contributed by atoms with Crippen LogP contribution in [0, 0.1) is 11.8 Å². The van der Waals surface area contributed by atoms with Crippen molar-refractivity contribution in [2.75, 3.05) is 18.3 Å². The highest BCUT2D eigenvalue weighted by Crippen LogP contribution is 2.38. The molecule has 0 aromatic heterocycles. The van der Waals surface area contributed by atoms with Crippen molar-refractivity contribution in [2.24, 2.45) is 11.8 Å². The van der Waals surface area contributed by atoms with Gasteiger partial charge in [0.1, 0.15) is 5.21 Å². The second kappa shape index (κ2) is 3.41. The Bertz CT molecular complexity index is 279. The molecule has 1 saturated heterocycles. The van der Waals surface area contributed by atoms with Gasteiger partial charge >= 0.3 is 0 Å². The molecule has 0 N–H and O–H groups in total. The van der Waals surface area contributed by atoms with Gasteiger partial charge in [-0.2, -0.15) is 0 Å². The fraction of sp³-hybridized carbons (Fsp3) is 1.00. The third kappa shape index (κ3) is 1.72. The number of hydrogen-bond acceptors (Lipinski definition) is 2. The maximum absolute atomic E-state index is 11.4. The molecule has 2 atom stereocenters. The summed E-state index contributed by atoms with van der Waals surface area (Å²) >= 11 is 5.40. The Labute approximate surface area is 84.1 Å². The van der Waals surface area contributed by atoms with E-state index in [2.05, 4.69) is 0 Å². The highest BCUT2D eigenvalue weighted by molar-refractivity contribution is 7.90. The molecular formula is C8H14ClNO2S. The van der Waals surface area contributed by atoms with E-state index in [1.54, 1.807) is 4.31 Å². The summed E-state index contributed by atoms with van der Waals surface area (Å²) in [5.74, 6) is 1.22. The van der Waals surface area contributed by atoms with Gasteiger partial charge in [-0.05, 0) is 24.7 Å². The first kappa shape index (κ1) is 9.74. The SMILES string of the molecule is O=S(=O)(CCl)N1CC2CCCC2C1. The monoisotopic (exact) mass is 223 g/mol. The van der Waals surface area contributed by atoms with Crippen molar-refractivity contribution in [3.63, 3.8) is 0 Å². The van der Waals surface area contributed by atoms with E-state index in [-0.39, 0.29) is 5.21 Å². The molecule has 13 heavy (non-hydrogen) atoms. The molecule has 0 amide bonds. The molecule has 2 unspecified atom stereocenters. The van der Waals surface area contributed by atoms with Crippen molar-refractivity contribution >= 4 is 21.6 Å². The third-order valence-electron chi connectivity index (χ3n) is 3.22. The van der Waals surface area contributed by atoms with Gasteiger partial charge in [0.2, 0.25) is 10.0 Å². The van der Waals surface area contributed by atoms with E-state index in [0.717, 1.165) is 0 Å². The minimum atomic E-state index is -3.14. The van der Waals surface area contributed by atoms with E-state index in [1.165, 1.54) is 19.3 Å². The Morgan fingerprint density at radius 1 is 1.23 bits per heavy atom. The van der Waals surface area contributed by atoms with E-state index in [1.807, 2.05) is 0 Å². The minimum absolute atomic E-state index is 0.271. The quantitative estimate of drug-likeness (QED) is 0.661. The second-order valence-electron chi connectivity index (χ2n) is 3.99. The highest BCUT2D eigenvalue weighted by Gasteiger charge is 2.40. The van der Waals surface area contributed by atoms with Gasteiger partial charge < -0.3 is 0 Å². The number of halogens is 1. The van der Waals surface area contributed by atoms with Gasteiger partial charge in [-0.1, -0.05) is 6.42 Å². The van der Waals surface area contributed by atoms with E-state index >= 15 is 0 Å². The largest absolute Gasteiger partial charge is 0.228 e. The zero-order valence-corrected chi connectivity index (χ0v) is 9.02. The molecule has 76 valence electrons. The predicted molar refractivity (Wildman–Crippen MR) is 52.0 cm³/mol. The summed E-state index contributed by atoms with van der Waals surface area (Å²) in [5, 5.41) is -0.271. The van der Waals surface area contributed by atoms with Crippen LogP contribution < -0.4 is 0 Å². The first-order valence-corrected chi connectivity index (χ1v) is 6.81. The Kier molecular flexibility index (Phi) is 2.55. The fourth-order valence-corrected chi connectivity index (χ4v) is 3.88. The number of sulfonamides is 1. The molecule has 0 spiro atoms. The van der Waals surface area contributed by atoms with Gasteiger partial charge in [0.25, 0.3) is 0 Å². The molecule has 5 heteroatoms. The van der Waals surface area contributed by atoms with Gasteiger partial charge in [0, 0.05) is 13.1 Å². The normalized spacial score (nSPS) is 35.2.